The molecule has 0 spiro atoms. The molecule has 3 heteroatoms. The summed E-state index contributed by atoms with van der Waals surface area (Å²) in [5.74, 6) is -0.144. The number of ether oxygens (including phenoxy) is 1. The van der Waals surface area contributed by atoms with Gasteiger partial charge in [-0.15, -0.1) is 0 Å². The third-order valence-electron chi connectivity index (χ3n) is 1.52. The molecular formula is C8H16O3. The largest absolute Gasteiger partial charge is 0.469 e. The Morgan fingerprint density at radius 2 is 1.91 bits per heavy atom. The highest BCUT2D eigenvalue weighted by molar-refractivity contribution is 5.68. The number of rotatable bonds is 6. The minimum Gasteiger partial charge on any atom is -0.469 e. The van der Waals surface area contributed by atoms with E-state index in [1.807, 2.05) is 0 Å². The topological polar surface area (TPSA) is 46.5 Å². The summed E-state index contributed by atoms with van der Waals surface area (Å²) in [4.78, 5) is 10.6. The van der Waals surface area contributed by atoms with Crippen molar-refractivity contribution < 1.29 is 14.6 Å². The molecule has 0 aromatic rings. The standard InChI is InChI=1S/C8H16O3/c1-11-8(10)6-4-2-3-5-7-9/h9H,2-7H2,1H3. The normalized spacial score (nSPS) is 9.64. The highest BCUT2D eigenvalue weighted by Crippen LogP contribution is 2.02. The first-order valence-electron chi connectivity index (χ1n) is 3.99. The summed E-state index contributed by atoms with van der Waals surface area (Å²) >= 11 is 0. The number of methoxy groups -OCH3 is 1. The van der Waals surface area contributed by atoms with Crippen molar-refractivity contribution in [2.45, 2.75) is 32.1 Å². The van der Waals surface area contributed by atoms with E-state index < -0.39 is 0 Å². The number of carbonyl (C=O) groups is 1. The van der Waals surface area contributed by atoms with Gasteiger partial charge in [0.1, 0.15) is 0 Å². The zero-order valence-corrected chi connectivity index (χ0v) is 7.01. The van der Waals surface area contributed by atoms with E-state index in [-0.39, 0.29) is 12.6 Å². The van der Waals surface area contributed by atoms with Crippen molar-refractivity contribution in [3.05, 3.63) is 0 Å². The maximum Gasteiger partial charge on any atom is 0.305 e. The molecule has 3 nitrogen and oxygen atoms in total. The van der Waals surface area contributed by atoms with Crippen molar-refractivity contribution in [3.63, 3.8) is 0 Å². The van der Waals surface area contributed by atoms with E-state index in [0.29, 0.717) is 6.42 Å². The number of esters is 1. The molecule has 0 saturated heterocycles. The van der Waals surface area contributed by atoms with Crippen LogP contribution in [0.15, 0.2) is 0 Å². The van der Waals surface area contributed by atoms with Gasteiger partial charge in [-0.05, 0) is 12.8 Å². The fraction of sp³-hybridized carbons (Fsp3) is 0.875. The van der Waals surface area contributed by atoms with Crippen LogP contribution < -0.4 is 0 Å². The Hall–Kier alpha value is -0.570. The van der Waals surface area contributed by atoms with Crippen molar-refractivity contribution in [1.29, 1.82) is 0 Å². The lowest BCUT2D eigenvalue weighted by molar-refractivity contribution is -0.140. The van der Waals surface area contributed by atoms with Crippen LogP contribution in [0, 0.1) is 0 Å². The average molecular weight is 160 g/mol. The molecular weight excluding hydrogens is 144 g/mol. The van der Waals surface area contributed by atoms with Gasteiger partial charge in [-0.2, -0.15) is 0 Å². The van der Waals surface area contributed by atoms with E-state index in [9.17, 15) is 4.79 Å². The number of unbranched alkanes of at least 4 members (excludes halogenated alkanes) is 3. The van der Waals surface area contributed by atoms with Gasteiger partial charge < -0.3 is 9.84 Å². The molecule has 0 saturated carbocycles. The highest BCUT2D eigenvalue weighted by atomic mass is 16.5. The molecule has 0 aromatic carbocycles. The Morgan fingerprint density at radius 3 is 2.45 bits per heavy atom. The lowest BCUT2D eigenvalue weighted by atomic mass is 10.1. The number of aliphatic hydroxyl groups excluding tert-OH is 1. The van der Waals surface area contributed by atoms with Gasteiger partial charge in [0.15, 0.2) is 0 Å². The van der Waals surface area contributed by atoms with Gasteiger partial charge in [0.2, 0.25) is 0 Å². The monoisotopic (exact) mass is 160 g/mol. The molecule has 0 unspecified atom stereocenters. The maximum atomic E-state index is 10.6. The molecule has 0 fully saturated rings. The molecule has 0 atom stereocenters. The molecule has 0 aliphatic heterocycles. The third kappa shape index (κ3) is 7.33. The van der Waals surface area contributed by atoms with Crippen molar-refractivity contribution in [3.8, 4) is 0 Å². The highest BCUT2D eigenvalue weighted by Gasteiger charge is 1.97. The quantitative estimate of drug-likeness (QED) is 0.467. The van der Waals surface area contributed by atoms with Crippen LogP contribution >= 0.6 is 0 Å². The number of carbonyl (C=O) groups excluding carboxylic acids is 1. The second-order valence-electron chi connectivity index (χ2n) is 2.46. The van der Waals surface area contributed by atoms with Crippen LogP contribution in [0.4, 0.5) is 0 Å². The van der Waals surface area contributed by atoms with Crippen LogP contribution in [0.1, 0.15) is 32.1 Å². The Kier molecular flexibility index (Phi) is 7.15. The van der Waals surface area contributed by atoms with Crippen LogP contribution in [0.25, 0.3) is 0 Å². The zero-order chi connectivity index (χ0) is 8.53. The summed E-state index contributed by atoms with van der Waals surface area (Å²) in [5.41, 5.74) is 0. The minimum atomic E-state index is -0.144. The van der Waals surface area contributed by atoms with Gasteiger partial charge in [0, 0.05) is 13.0 Å². The summed E-state index contributed by atoms with van der Waals surface area (Å²) in [6, 6.07) is 0. The third-order valence-corrected chi connectivity index (χ3v) is 1.52. The lowest BCUT2D eigenvalue weighted by Gasteiger charge is -1.98. The number of hydrogen-bond acceptors (Lipinski definition) is 3. The first-order chi connectivity index (χ1) is 5.31. The van der Waals surface area contributed by atoms with Crippen molar-refractivity contribution >= 4 is 5.97 Å². The van der Waals surface area contributed by atoms with E-state index in [2.05, 4.69) is 4.74 Å². The molecule has 0 radical (unpaired) electrons. The van der Waals surface area contributed by atoms with Gasteiger partial charge in [0.25, 0.3) is 0 Å². The first-order valence-corrected chi connectivity index (χ1v) is 3.99. The molecule has 0 aromatic heterocycles. The average Bonchev–Trinajstić information content (AvgIpc) is 2.04. The number of hydrogen-bond donors (Lipinski definition) is 1. The molecule has 0 aliphatic rings. The molecule has 0 rings (SSSR count). The molecule has 11 heavy (non-hydrogen) atoms. The summed E-state index contributed by atoms with van der Waals surface area (Å²) in [6.07, 6.45) is 4.19. The van der Waals surface area contributed by atoms with Crippen LogP contribution in [0.3, 0.4) is 0 Å². The Balaban J connectivity index is 2.95. The fourth-order valence-corrected chi connectivity index (χ4v) is 0.837. The van der Waals surface area contributed by atoms with Gasteiger partial charge >= 0.3 is 5.97 Å². The predicted octanol–water partition coefficient (Wildman–Crippen LogP) is 1.10. The van der Waals surface area contributed by atoms with Crippen LogP contribution in [0.2, 0.25) is 0 Å². The second-order valence-corrected chi connectivity index (χ2v) is 2.46. The molecule has 0 aliphatic carbocycles. The fourth-order valence-electron chi connectivity index (χ4n) is 0.837. The predicted molar refractivity (Wildman–Crippen MR) is 42.2 cm³/mol. The second kappa shape index (κ2) is 7.54. The molecule has 0 bridgehead atoms. The summed E-state index contributed by atoms with van der Waals surface area (Å²) in [7, 11) is 1.40. The van der Waals surface area contributed by atoms with E-state index >= 15 is 0 Å². The van der Waals surface area contributed by atoms with E-state index in [1.165, 1.54) is 7.11 Å². The Morgan fingerprint density at radius 1 is 1.27 bits per heavy atom. The first kappa shape index (κ1) is 10.4. The van der Waals surface area contributed by atoms with E-state index in [0.717, 1.165) is 25.7 Å². The lowest BCUT2D eigenvalue weighted by Crippen LogP contribution is -1.99. The minimum absolute atomic E-state index is 0.144. The maximum absolute atomic E-state index is 10.6. The molecule has 0 amide bonds. The summed E-state index contributed by atoms with van der Waals surface area (Å²) in [6.45, 7) is 0.248. The Bertz CT molecular complexity index is 102. The van der Waals surface area contributed by atoms with Crippen molar-refractivity contribution in [2.75, 3.05) is 13.7 Å². The van der Waals surface area contributed by atoms with E-state index in [1.54, 1.807) is 0 Å². The summed E-state index contributed by atoms with van der Waals surface area (Å²) < 4.78 is 4.47. The SMILES string of the molecule is COC(=O)CCCCCCO. The van der Waals surface area contributed by atoms with Crippen LogP contribution in [0.5, 0.6) is 0 Å². The smallest absolute Gasteiger partial charge is 0.305 e. The van der Waals surface area contributed by atoms with Crippen molar-refractivity contribution in [2.24, 2.45) is 0 Å². The zero-order valence-electron chi connectivity index (χ0n) is 7.01. The van der Waals surface area contributed by atoms with E-state index in [4.69, 9.17) is 5.11 Å². The van der Waals surface area contributed by atoms with Gasteiger partial charge in [-0.1, -0.05) is 12.8 Å². The molecule has 0 heterocycles. The Labute approximate surface area is 67.4 Å². The van der Waals surface area contributed by atoms with Gasteiger partial charge in [0.05, 0.1) is 7.11 Å². The summed E-state index contributed by atoms with van der Waals surface area (Å²) in [5, 5.41) is 8.43. The van der Waals surface area contributed by atoms with Gasteiger partial charge in [-0.25, -0.2) is 0 Å². The number of aliphatic hydroxyl groups is 1. The van der Waals surface area contributed by atoms with Crippen molar-refractivity contribution in [1.82, 2.24) is 0 Å². The molecule has 66 valence electrons. The van der Waals surface area contributed by atoms with Crippen LogP contribution in [-0.4, -0.2) is 24.8 Å². The van der Waals surface area contributed by atoms with Crippen LogP contribution in [-0.2, 0) is 9.53 Å². The van der Waals surface area contributed by atoms with Gasteiger partial charge in [-0.3, -0.25) is 4.79 Å². The molecule has 1 N–H and O–H groups in total.